The van der Waals surface area contributed by atoms with E-state index in [1.165, 1.54) is 5.56 Å². The average molecular weight is 427 g/mol. The van der Waals surface area contributed by atoms with Crippen molar-refractivity contribution in [3.63, 3.8) is 0 Å². The molecule has 6 nitrogen and oxygen atoms in total. The molecule has 0 aromatic heterocycles. The largest absolute Gasteiger partial charge is 0.497 e. The summed E-state index contributed by atoms with van der Waals surface area (Å²) >= 11 is 0. The summed E-state index contributed by atoms with van der Waals surface area (Å²) in [5.41, 5.74) is 2.13. The fourth-order valence-corrected chi connectivity index (χ4v) is 3.32. The average Bonchev–Trinajstić information content (AvgIpc) is 2.78. The molecule has 1 atom stereocenters. The Hall–Kier alpha value is -3.02. The minimum absolute atomic E-state index is 0.132. The van der Waals surface area contributed by atoms with Crippen LogP contribution in [0.2, 0.25) is 0 Å². The third-order valence-corrected chi connectivity index (χ3v) is 5.16. The van der Waals surface area contributed by atoms with Gasteiger partial charge < -0.3 is 19.7 Å². The van der Waals surface area contributed by atoms with E-state index in [-0.39, 0.29) is 18.4 Å². The van der Waals surface area contributed by atoms with E-state index in [4.69, 9.17) is 9.47 Å². The Morgan fingerprint density at radius 2 is 1.58 bits per heavy atom. The highest BCUT2D eigenvalue weighted by Gasteiger charge is 2.28. The van der Waals surface area contributed by atoms with Crippen molar-refractivity contribution in [3.05, 3.63) is 59.7 Å². The Labute approximate surface area is 185 Å². The Morgan fingerprint density at radius 3 is 2.10 bits per heavy atom. The Morgan fingerprint density at radius 1 is 0.968 bits per heavy atom. The molecule has 2 rings (SSSR count). The number of amides is 2. The zero-order chi connectivity index (χ0) is 22.8. The van der Waals surface area contributed by atoms with E-state index in [0.717, 1.165) is 11.3 Å². The van der Waals surface area contributed by atoms with Crippen LogP contribution >= 0.6 is 0 Å². The van der Waals surface area contributed by atoms with E-state index in [9.17, 15) is 9.59 Å². The second kappa shape index (κ2) is 12.0. The van der Waals surface area contributed by atoms with Gasteiger partial charge in [0, 0.05) is 13.1 Å². The second-order valence-corrected chi connectivity index (χ2v) is 7.70. The van der Waals surface area contributed by atoms with Gasteiger partial charge in [0.25, 0.3) is 5.91 Å². The van der Waals surface area contributed by atoms with Gasteiger partial charge in [0.2, 0.25) is 5.91 Å². The zero-order valence-electron chi connectivity index (χ0n) is 19.2. The number of ether oxygens (including phenoxy) is 2. The summed E-state index contributed by atoms with van der Waals surface area (Å²) in [4.78, 5) is 27.3. The Balaban J connectivity index is 2.16. The van der Waals surface area contributed by atoms with Crippen molar-refractivity contribution in [3.8, 4) is 11.5 Å². The SMILES string of the molecule is CCNC(=O)C(CC)N(Cc1ccc(OC)cc1)C(=O)COc1ccc(C(C)C)cc1. The van der Waals surface area contributed by atoms with E-state index in [1.54, 1.807) is 12.0 Å². The van der Waals surface area contributed by atoms with Crippen LogP contribution in [0.1, 0.15) is 51.2 Å². The number of carbonyl (C=O) groups excluding carboxylic acids is 2. The van der Waals surface area contributed by atoms with Gasteiger partial charge in [0.05, 0.1) is 7.11 Å². The third-order valence-electron chi connectivity index (χ3n) is 5.16. The molecule has 0 fully saturated rings. The maximum atomic E-state index is 13.1. The number of benzene rings is 2. The fraction of sp³-hybridized carbons (Fsp3) is 0.440. The molecule has 2 aromatic rings. The number of nitrogens with one attached hydrogen (secondary N) is 1. The molecule has 1 N–H and O–H groups in total. The molecule has 0 radical (unpaired) electrons. The summed E-state index contributed by atoms with van der Waals surface area (Å²) in [5.74, 6) is 1.41. The molecule has 1 unspecified atom stereocenters. The van der Waals surface area contributed by atoms with Crippen molar-refractivity contribution in [1.82, 2.24) is 10.2 Å². The molecule has 0 saturated carbocycles. The summed E-state index contributed by atoms with van der Waals surface area (Å²) in [6, 6.07) is 14.7. The van der Waals surface area contributed by atoms with Gasteiger partial charge in [-0.3, -0.25) is 9.59 Å². The molecular weight excluding hydrogens is 392 g/mol. The lowest BCUT2D eigenvalue weighted by Gasteiger charge is -2.30. The molecule has 168 valence electrons. The van der Waals surface area contributed by atoms with Crippen LogP contribution in [0.3, 0.4) is 0 Å². The number of likely N-dealkylation sites (N-methyl/N-ethyl adjacent to an activating group) is 1. The van der Waals surface area contributed by atoms with Crippen LogP contribution in [-0.4, -0.2) is 43.0 Å². The van der Waals surface area contributed by atoms with Crippen molar-refractivity contribution in [2.45, 2.75) is 52.6 Å². The summed E-state index contributed by atoms with van der Waals surface area (Å²) < 4.78 is 11.0. The highest BCUT2D eigenvalue weighted by atomic mass is 16.5. The predicted molar refractivity (Wildman–Crippen MR) is 122 cm³/mol. The van der Waals surface area contributed by atoms with Gasteiger partial charge in [0.1, 0.15) is 17.5 Å². The quantitative estimate of drug-likeness (QED) is 0.586. The lowest BCUT2D eigenvalue weighted by Crippen LogP contribution is -2.50. The molecule has 0 bridgehead atoms. The smallest absolute Gasteiger partial charge is 0.261 e. The molecular formula is C25H34N2O4. The van der Waals surface area contributed by atoms with Gasteiger partial charge in [-0.15, -0.1) is 0 Å². The standard InChI is InChI=1S/C25H34N2O4/c1-6-23(25(29)26-7-2)27(16-19-8-12-21(30-5)13-9-19)24(28)17-31-22-14-10-20(11-15-22)18(3)4/h8-15,18,23H,6-7,16-17H2,1-5H3,(H,26,29). The summed E-state index contributed by atoms with van der Waals surface area (Å²) in [7, 11) is 1.61. The van der Waals surface area contributed by atoms with Gasteiger partial charge in [-0.2, -0.15) is 0 Å². The first-order valence-electron chi connectivity index (χ1n) is 10.8. The number of rotatable bonds is 11. The first-order chi connectivity index (χ1) is 14.9. The van der Waals surface area contributed by atoms with Crippen LogP contribution in [0.25, 0.3) is 0 Å². The number of nitrogens with zero attached hydrogens (tertiary/aromatic N) is 1. The van der Waals surface area contributed by atoms with E-state index in [2.05, 4.69) is 19.2 Å². The predicted octanol–water partition coefficient (Wildman–Crippen LogP) is 4.14. The molecule has 0 saturated heterocycles. The van der Waals surface area contributed by atoms with Crippen LogP contribution < -0.4 is 14.8 Å². The number of hydrogen-bond donors (Lipinski definition) is 1. The number of hydrogen-bond acceptors (Lipinski definition) is 4. The van der Waals surface area contributed by atoms with Gasteiger partial charge >= 0.3 is 0 Å². The second-order valence-electron chi connectivity index (χ2n) is 7.70. The molecule has 6 heteroatoms. The fourth-order valence-electron chi connectivity index (χ4n) is 3.32. The number of carbonyl (C=O) groups is 2. The van der Waals surface area contributed by atoms with Crippen molar-refractivity contribution in [1.29, 1.82) is 0 Å². The van der Waals surface area contributed by atoms with Gasteiger partial charge in [-0.05, 0) is 54.7 Å². The van der Waals surface area contributed by atoms with E-state index < -0.39 is 6.04 Å². The van der Waals surface area contributed by atoms with Crippen molar-refractivity contribution in [2.24, 2.45) is 0 Å². The van der Waals surface area contributed by atoms with Crippen LogP contribution in [0.4, 0.5) is 0 Å². The normalized spacial score (nSPS) is 11.7. The first kappa shape index (κ1) is 24.3. The highest BCUT2D eigenvalue weighted by Crippen LogP contribution is 2.20. The molecule has 0 spiro atoms. The molecule has 0 aliphatic carbocycles. The summed E-state index contributed by atoms with van der Waals surface area (Å²) in [6.45, 7) is 8.72. The van der Waals surface area contributed by atoms with Crippen LogP contribution in [-0.2, 0) is 16.1 Å². The topological polar surface area (TPSA) is 67.9 Å². The monoisotopic (exact) mass is 426 g/mol. The minimum Gasteiger partial charge on any atom is -0.497 e. The molecule has 2 amide bonds. The zero-order valence-corrected chi connectivity index (χ0v) is 19.2. The Bertz CT molecular complexity index is 832. The Kier molecular flexibility index (Phi) is 9.38. The van der Waals surface area contributed by atoms with Crippen molar-refractivity contribution >= 4 is 11.8 Å². The summed E-state index contributed by atoms with van der Waals surface area (Å²) in [6.07, 6.45) is 0.511. The van der Waals surface area contributed by atoms with E-state index in [1.807, 2.05) is 62.4 Å². The van der Waals surface area contributed by atoms with Crippen LogP contribution in [0.15, 0.2) is 48.5 Å². The maximum absolute atomic E-state index is 13.1. The van der Waals surface area contributed by atoms with Crippen LogP contribution in [0.5, 0.6) is 11.5 Å². The third kappa shape index (κ3) is 7.02. The van der Waals surface area contributed by atoms with Crippen molar-refractivity contribution < 1.29 is 19.1 Å². The highest BCUT2D eigenvalue weighted by molar-refractivity contribution is 5.88. The number of methoxy groups -OCH3 is 1. The van der Waals surface area contributed by atoms with Gasteiger partial charge in [-0.1, -0.05) is 45.0 Å². The molecule has 0 aliphatic heterocycles. The van der Waals surface area contributed by atoms with E-state index >= 15 is 0 Å². The lowest BCUT2D eigenvalue weighted by atomic mass is 10.0. The molecule has 0 aliphatic rings. The molecule has 0 heterocycles. The first-order valence-corrected chi connectivity index (χ1v) is 10.8. The van der Waals surface area contributed by atoms with Gasteiger partial charge in [-0.25, -0.2) is 0 Å². The van der Waals surface area contributed by atoms with E-state index in [0.29, 0.717) is 31.2 Å². The molecule has 2 aromatic carbocycles. The van der Waals surface area contributed by atoms with Crippen LogP contribution in [0, 0.1) is 0 Å². The maximum Gasteiger partial charge on any atom is 0.261 e. The summed E-state index contributed by atoms with van der Waals surface area (Å²) in [5, 5.41) is 2.83. The lowest BCUT2D eigenvalue weighted by molar-refractivity contribution is -0.142. The minimum atomic E-state index is -0.568. The van der Waals surface area contributed by atoms with Gasteiger partial charge in [0.15, 0.2) is 6.61 Å². The molecule has 31 heavy (non-hydrogen) atoms. The van der Waals surface area contributed by atoms with Crippen molar-refractivity contribution in [2.75, 3.05) is 20.3 Å².